The van der Waals surface area contributed by atoms with E-state index in [2.05, 4.69) is 32.3 Å². The Morgan fingerprint density at radius 2 is 2.10 bits per heavy atom. The van der Waals surface area contributed by atoms with E-state index in [-0.39, 0.29) is 11.7 Å². The molecule has 6 nitrogen and oxygen atoms in total. The van der Waals surface area contributed by atoms with E-state index in [0.717, 1.165) is 36.5 Å². The lowest BCUT2D eigenvalue weighted by Crippen LogP contribution is -2.17. The number of benzene rings is 1. The lowest BCUT2D eigenvalue weighted by atomic mass is 10.1. The van der Waals surface area contributed by atoms with E-state index in [1.807, 2.05) is 38.4 Å². The zero-order chi connectivity index (χ0) is 15.2. The van der Waals surface area contributed by atoms with Gasteiger partial charge in [-0.1, -0.05) is 25.1 Å². The molecule has 0 aliphatic rings. The molecule has 0 aliphatic carbocycles. The van der Waals surface area contributed by atoms with Crippen molar-refractivity contribution in [3.05, 3.63) is 41.5 Å². The number of nitrogens with zero attached hydrogens (tertiary/aromatic N) is 3. The van der Waals surface area contributed by atoms with Gasteiger partial charge in [0, 0.05) is 18.7 Å². The number of nitrogens with one attached hydrogen (secondary N) is 2. The van der Waals surface area contributed by atoms with Crippen LogP contribution in [0.4, 0.5) is 5.69 Å². The van der Waals surface area contributed by atoms with Gasteiger partial charge >= 0.3 is 0 Å². The number of amides is 1. The van der Waals surface area contributed by atoms with Crippen LogP contribution in [-0.4, -0.2) is 40.1 Å². The van der Waals surface area contributed by atoms with Crippen LogP contribution in [-0.2, 0) is 13.0 Å². The Bertz CT molecular complexity index is 606. The van der Waals surface area contributed by atoms with Crippen LogP contribution in [0.15, 0.2) is 24.3 Å². The first-order valence-electron chi connectivity index (χ1n) is 7.05. The van der Waals surface area contributed by atoms with E-state index in [9.17, 15) is 4.79 Å². The number of aromatic amines is 1. The van der Waals surface area contributed by atoms with Gasteiger partial charge in [-0.05, 0) is 32.1 Å². The van der Waals surface area contributed by atoms with E-state index in [4.69, 9.17) is 0 Å². The van der Waals surface area contributed by atoms with Crippen molar-refractivity contribution in [2.24, 2.45) is 0 Å². The molecule has 1 aromatic carbocycles. The van der Waals surface area contributed by atoms with Crippen molar-refractivity contribution in [1.29, 1.82) is 0 Å². The monoisotopic (exact) mass is 287 g/mol. The zero-order valence-electron chi connectivity index (χ0n) is 12.7. The average Bonchev–Trinajstić information content (AvgIpc) is 2.89. The molecule has 1 amide bonds. The van der Waals surface area contributed by atoms with Gasteiger partial charge in [0.05, 0.1) is 0 Å². The Kier molecular flexibility index (Phi) is 5.05. The number of para-hydroxylation sites is 1. The van der Waals surface area contributed by atoms with Crippen LogP contribution in [0, 0.1) is 0 Å². The summed E-state index contributed by atoms with van der Waals surface area (Å²) in [6.45, 7) is 2.81. The van der Waals surface area contributed by atoms with Crippen molar-refractivity contribution in [2.75, 3.05) is 19.4 Å². The minimum atomic E-state index is -0.292. The van der Waals surface area contributed by atoms with E-state index in [1.54, 1.807) is 0 Å². The fourth-order valence-corrected chi connectivity index (χ4v) is 2.04. The topological polar surface area (TPSA) is 73.9 Å². The molecule has 0 bridgehead atoms. The van der Waals surface area contributed by atoms with Gasteiger partial charge in [0.15, 0.2) is 0 Å². The molecular formula is C15H21N5O. The number of rotatable bonds is 6. The lowest BCUT2D eigenvalue weighted by molar-refractivity contribution is 0.101. The first-order valence-corrected chi connectivity index (χ1v) is 7.05. The number of anilines is 1. The molecule has 2 rings (SSSR count). The van der Waals surface area contributed by atoms with Gasteiger partial charge in [0.2, 0.25) is 5.82 Å². The smallest absolute Gasteiger partial charge is 0.295 e. The van der Waals surface area contributed by atoms with Crippen LogP contribution >= 0.6 is 0 Å². The predicted molar refractivity (Wildman–Crippen MR) is 82.2 cm³/mol. The number of carbonyl (C=O) groups excluding carboxylic acids is 1. The largest absolute Gasteiger partial charge is 0.319 e. The fourth-order valence-electron chi connectivity index (χ4n) is 2.04. The molecule has 0 atom stereocenters. The first-order chi connectivity index (χ1) is 10.1. The molecule has 0 spiro atoms. The predicted octanol–water partition coefficient (Wildman–Crippen LogP) is 2.07. The Hall–Kier alpha value is -2.21. The summed E-state index contributed by atoms with van der Waals surface area (Å²) < 4.78 is 0. The Morgan fingerprint density at radius 3 is 2.81 bits per heavy atom. The Labute approximate surface area is 124 Å². The van der Waals surface area contributed by atoms with Crippen LogP contribution in [0.5, 0.6) is 0 Å². The maximum Gasteiger partial charge on any atom is 0.295 e. The number of H-pyrrole nitrogens is 1. The summed E-state index contributed by atoms with van der Waals surface area (Å²) in [6.07, 6.45) is 1.75. The second kappa shape index (κ2) is 6.99. The summed E-state index contributed by atoms with van der Waals surface area (Å²) in [4.78, 5) is 18.5. The molecule has 0 radical (unpaired) electrons. The summed E-state index contributed by atoms with van der Waals surface area (Å²) in [7, 11) is 3.98. The standard InChI is InChI=1S/C15H21N5O/c1-4-7-13-17-14(19-18-13)15(21)16-12-9-6-5-8-11(12)10-20(2)3/h5-6,8-9H,4,7,10H2,1-3H3,(H,16,21)(H,17,18,19). The third kappa shape index (κ3) is 4.13. The van der Waals surface area contributed by atoms with Crippen LogP contribution in [0.3, 0.4) is 0 Å². The molecule has 0 saturated carbocycles. The highest BCUT2D eigenvalue weighted by atomic mass is 16.2. The fraction of sp³-hybridized carbons (Fsp3) is 0.400. The minimum absolute atomic E-state index is 0.179. The van der Waals surface area contributed by atoms with Crippen molar-refractivity contribution in [3.63, 3.8) is 0 Å². The highest BCUT2D eigenvalue weighted by molar-refractivity contribution is 6.01. The summed E-state index contributed by atoms with van der Waals surface area (Å²) >= 11 is 0. The number of carbonyl (C=O) groups is 1. The first kappa shape index (κ1) is 15.2. The van der Waals surface area contributed by atoms with Crippen LogP contribution in [0.25, 0.3) is 0 Å². The molecule has 21 heavy (non-hydrogen) atoms. The molecular weight excluding hydrogens is 266 g/mol. The van der Waals surface area contributed by atoms with Crippen molar-refractivity contribution in [2.45, 2.75) is 26.3 Å². The number of aromatic nitrogens is 3. The summed E-state index contributed by atoms with van der Waals surface area (Å²) in [5.74, 6) is 0.627. The van der Waals surface area contributed by atoms with Crippen molar-refractivity contribution in [1.82, 2.24) is 20.1 Å². The van der Waals surface area contributed by atoms with Gasteiger partial charge in [-0.25, -0.2) is 4.98 Å². The molecule has 2 N–H and O–H groups in total. The molecule has 6 heteroatoms. The lowest BCUT2D eigenvalue weighted by Gasteiger charge is -2.14. The molecule has 0 unspecified atom stereocenters. The van der Waals surface area contributed by atoms with E-state index in [1.165, 1.54) is 0 Å². The van der Waals surface area contributed by atoms with E-state index >= 15 is 0 Å². The second-order valence-corrected chi connectivity index (χ2v) is 5.20. The summed E-state index contributed by atoms with van der Waals surface area (Å²) in [5, 5.41) is 9.63. The van der Waals surface area contributed by atoms with Gasteiger partial charge < -0.3 is 10.2 Å². The summed E-state index contributed by atoms with van der Waals surface area (Å²) in [6, 6.07) is 7.74. The van der Waals surface area contributed by atoms with Gasteiger partial charge in [0.25, 0.3) is 5.91 Å². The van der Waals surface area contributed by atoms with Crippen LogP contribution < -0.4 is 5.32 Å². The van der Waals surface area contributed by atoms with Gasteiger partial charge in [-0.2, -0.15) is 0 Å². The average molecular weight is 287 g/mol. The van der Waals surface area contributed by atoms with Crippen molar-refractivity contribution < 1.29 is 4.79 Å². The number of aryl methyl sites for hydroxylation is 1. The van der Waals surface area contributed by atoms with E-state index in [0.29, 0.717) is 0 Å². The third-order valence-electron chi connectivity index (χ3n) is 2.97. The third-order valence-corrected chi connectivity index (χ3v) is 2.97. The number of hydrogen-bond acceptors (Lipinski definition) is 4. The van der Waals surface area contributed by atoms with Gasteiger partial charge in [-0.15, -0.1) is 5.10 Å². The molecule has 0 aliphatic heterocycles. The summed E-state index contributed by atoms with van der Waals surface area (Å²) in [5.41, 5.74) is 1.85. The normalized spacial score (nSPS) is 10.9. The minimum Gasteiger partial charge on any atom is -0.319 e. The molecule has 1 heterocycles. The maximum atomic E-state index is 12.2. The Morgan fingerprint density at radius 1 is 1.33 bits per heavy atom. The van der Waals surface area contributed by atoms with Gasteiger partial charge in [-0.3, -0.25) is 9.89 Å². The number of hydrogen-bond donors (Lipinski definition) is 2. The van der Waals surface area contributed by atoms with E-state index < -0.39 is 0 Å². The van der Waals surface area contributed by atoms with Crippen molar-refractivity contribution in [3.8, 4) is 0 Å². The van der Waals surface area contributed by atoms with Gasteiger partial charge in [0.1, 0.15) is 5.82 Å². The molecule has 112 valence electrons. The second-order valence-electron chi connectivity index (χ2n) is 5.20. The highest BCUT2D eigenvalue weighted by Gasteiger charge is 2.14. The molecule has 2 aromatic rings. The molecule has 1 aromatic heterocycles. The maximum absolute atomic E-state index is 12.2. The van der Waals surface area contributed by atoms with Crippen molar-refractivity contribution >= 4 is 11.6 Å². The van der Waals surface area contributed by atoms with Crippen LogP contribution in [0.2, 0.25) is 0 Å². The molecule has 0 fully saturated rings. The quantitative estimate of drug-likeness (QED) is 0.853. The zero-order valence-corrected chi connectivity index (χ0v) is 12.7. The molecule has 0 saturated heterocycles. The SMILES string of the molecule is CCCc1nc(C(=O)Nc2ccccc2CN(C)C)n[nH]1. The Balaban J connectivity index is 2.11. The highest BCUT2D eigenvalue weighted by Crippen LogP contribution is 2.17. The van der Waals surface area contributed by atoms with Crippen LogP contribution in [0.1, 0.15) is 35.4 Å².